The number of thiophene rings is 1. The molecular weight excluding hydrogens is 376 g/mol. The molecule has 0 amide bonds. The van der Waals surface area contributed by atoms with E-state index in [2.05, 4.69) is 35.1 Å². The highest BCUT2D eigenvalue weighted by molar-refractivity contribution is 9.11. The van der Waals surface area contributed by atoms with Crippen molar-refractivity contribution in [2.45, 2.75) is 43.8 Å². The van der Waals surface area contributed by atoms with Gasteiger partial charge in [0, 0.05) is 31.1 Å². The van der Waals surface area contributed by atoms with Gasteiger partial charge in [-0.15, -0.1) is 11.3 Å². The lowest BCUT2D eigenvalue weighted by atomic mass is 10.3. The van der Waals surface area contributed by atoms with E-state index < -0.39 is 10.0 Å². The van der Waals surface area contributed by atoms with Gasteiger partial charge in [-0.3, -0.25) is 0 Å². The van der Waals surface area contributed by atoms with Crippen molar-refractivity contribution >= 4 is 37.3 Å². The van der Waals surface area contributed by atoms with Crippen molar-refractivity contribution in [2.75, 3.05) is 20.3 Å². The Morgan fingerprint density at radius 3 is 2.86 bits per heavy atom. The van der Waals surface area contributed by atoms with Crippen LogP contribution in [0.25, 0.3) is 0 Å². The Balaban J connectivity index is 2.19. The van der Waals surface area contributed by atoms with Crippen LogP contribution in [0.1, 0.15) is 25.1 Å². The molecule has 0 saturated carbocycles. The zero-order chi connectivity index (χ0) is 15.6. The molecule has 1 atom stereocenters. The predicted octanol–water partition coefficient (Wildman–Crippen LogP) is 2.42. The van der Waals surface area contributed by atoms with E-state index in [1.54, 1.807) is 13.1 Å². The zero-order valence-corrected chi connectivity index (χ0v) is 15.6. The van der Waals surface area contributed by atoms with Crippen molar-refractivity contribution in [3.63, 3.8) is 0 Å². The molecule has 0 bridgehead atoms. The van der Waals surface area contributed by atoms with Crippen molar-refractivity contribution in [1.82, 2.24) is 9.62 Å². The lowest BCUT2D eigenvalue weighted by Gasteiger charge is -2.22. The number of halogens is 1. The van der Waals surface area contributed by atoms with E-state index in [4.69, 9.17) is 4.74 Å². The maximum Gasteiger partial charge on any atom is 0.245 e. The van der Waals surface area contributed by atoms with Crippen LogP contribution >= 0.6 is 27.3 Å². The minimum Gasteiger partial charge on any atom is -0.380 e. The van der Waals surface area contributed by atoms with Gasteiger partial charge in [0.2, 0.25) is 10.0 Å². The molecular formula is C13H21BrN2O3S2. The normalized spacial score (nSPS) is 19.8. The predicted molar refractivity (Wildman–Crippen MR) is 88.2 cm³/mol. The molecule has 1 N–H and O–H groups in total. The molecule has 1 aromatic heterocycles. The molecule has 0 aliphatic carbocycles. The van der Waals surface area contributed by atoms with Crippen LogP contribution in [-0.4, -0.2) is 45.1 Å². The lowest BCUT2D eigenvalue weighted by Crippen LogP contribution is -2.37. The van der Waals surface area contributed by atoms with Crippen LogP contribution in [0.2, 0.25) is 0 Å². The van der Waals surface area contributed by atoms with E-state index in [-0.39, 0.29) is 6.04 Å². The van der Waals surface area contributed by atoms with Crippen LogP contribution in [0.15, 0.2) is 14.7 Å². The summed E-state index contributed by atoms with van der Waals surface area (Å²) in [5, 5.41) is 3.30. The first-order valence-electron chi connectivity index (χ1n) is 6.89. The molecule has 1 aliphatic heterocycles. The molecule has 21 heavy (non-hydrogen) atoms. The number of ether oxygens (including phenoxy) is 1. The van der Waals surface area contributed by atoms with E-state index in [0.29, 0.717) is 34.5 Å². The summed E-state index contributed by atoms with van der Waals surface area (Å²) in [7, 11) is -1.85. The van der Waals surface area contributed by atoms with Gasteiger partial charge < -0.3 is 10.1 Å². The van der Waals surface area contributed by atoms with E-state index in [0.717, 1.165) is 11.3 Å². The standard InChI is InChI=1S/C13H21BrN2O3S2/c1-9(2)15-7-11-6-12(13(14)20-11)21(17,18)16(3)10-4-5-19-8-10/h6,9-10,15H,4-5,7-8H2,1-3H3. The fourth-order valence-electron chi connectivity index (χ4n) is 2.13. The maximum absolute atomic E-state index is 12.7. The van der Waals surface area contributed by atoms with Crippen molar-refractivity contribution in [1.29, 1.82) is 0 Å². The minimum absolute atomic E-state index is 0.0703. The molecule has 8 heteroatoms. The Kier molecular flexibility index (Phi) is 5.84. The molecule has 1 saturated heterocycles. The van der Waals surface area contributed by atoms with Gasteiger partial charge >= 0.3 is 0 Å². The van der Waals surface area contributed by atoms with E-state index in [1.807, 2.05) is 0 Å². The topological polar surface area (TPSA) is 58.6 Å². The van der Waals surface area contributed by atoms with Gasteiger partial charge in [0.15, 0.2) is 0 Å². The summed E-state index contributed by atoms with van der Waals surface area (Å²) in [6, 6.07) is 2.05. The van der Waals surface area contributed by atoms with Gasteiger partial charge in [-0.1, -0.05) is 13.8 Å². The fourth-order valence-corrected chi connectivity index (χ4v) is 6.08. The number of nitrogens with zero attached hydrogens (tertiary/aromatic N) is 1. The first-order chi connectivity index (χ1) is 9.82. The number of hydrogen-bond acceptors (Lipinski definition) is 5. The molecule has 2 heterocycles. The van der Waals surface area contributed by atoms with E-state index in [1.165, 1.54) is 15.6 Å². The van der Waals surface area contributed by atoms with Crippen molar-refractivity contribution in [3.8, 4) is 0 Å². The maximum atomic E-state index is 12.7. The SMILES string of the molecule is CC(C)NCc1cc(S(=O)(=O)N(C)C2CCOC2)c(Br)s1. The number of sulfonamides is 1. The fraction of sp³-hybridized carbons (Fsp3) is 0.692. The van der Waals surface area contributed by atoms with E-state index >= 15 is 0 Å². The second kappa shape index (κ2) is 7.06. The number of likely N-dealkylation sites (N-methyl/N-ethyl adjacent to an activating group) is 1. The summed E-state index contributed by atoms with van der Waals surface area (Å²) in [6.07, 6.45) is 0.749. The highest BCUT2D eigenvalue weighted by atomic mass is 79.9. The molecule has 1 aromatic rings. The van der Waals surface area contributed by atoms with Crippen molar-refractivity contribution in [3.05, 3.63) is 14.7 Å². The third kappa shape index (κ3) is 4.05. The van der Waals surface area contributed by atoms with Gasteiger partial charge in [0.1, 0.15) is 4.90 Å². The number of nitrogens with one attached hydrogen (secondary N) is 1. The molecule has 1 unspecified atom stereocenters. The molecule has 1 aliphatic rings. The van der Waals surface area contributed by atoms with Gasteiger partial charge in [0.05, 0.1) is 16.4 Å². The minimum atomic E-state index is -3.48. The highest BCUT2D eigenvalue weighted by Crippen LogP contribution is 2.34. The average Bonchev–Trinajstić information content (AvgIpc) is 3.04. The number of hydrogen-bond donors (Lipinski definition) is 1. The molecule has 1 fully saturated rings. The second-order valence-corrected chi connectivity index (χ2v) is 9.85. The quantitative estimate of drug-likeness (QED) is 0.801. The first-order valence-corrected chi connectivity index (χ1v) is 9.94. The van der Waals surface area contributed by atoms with Crippen LogP contribution in [-0.2, 0) is 21.3 Å². The van der Waals surface area contributed by atoms with Crippen LogP contribution < -0.4 is 5.32 Å². The summed E-state index contributed by atoms with van der Waals surface area (Å²) in [4.78, 5) is 1.35. The Hall–Kier alpha value is 0.01000. The molecule has 0 radical (unpaired) electrons. The summed E-state index contributed by atoms with van der Waals surface area (Å²) >= 11 is 4.85. The Bertz CT molecular complexity index is 580. The smallest absolute Gasteiger partial charge is 0.245 e. The van der Waals surface area contributed by atoms with E-state index in [9.17, 15) is 8.42 Å². The summed E-state index contributed by atoms with van der Waals surface area (Å²) in [6.45, 7) is 5.90. The summed E-state index contributed by atoms with van der Waals surface area (Å²) < 4.78 is 32.8. The van der Waals surface area contributed by atoms with Crippen molar-refractivity contribution in [2.24, 2.45) is 0 Å². The van der Waals surface area contributed by atoms with Crippen LogP contribution in [0.4, 0.5) is 0 Å². The van der Waals surface area contributed by atoms with Crippen LogP contribution in [0, 0.1) is 0 Å². The molecule has 5 nitrogen and oxygen atoms in total. The summed E-state index contributed by atoms with van der Waals surface area (Å²) in [5.41, 5.74) is 0. The van der Waals surface area contributed by atoms with Crippen LogP contribution in [0.3, 0.4) is 0 Å². The monoisotopic (exact) mass is 396 g/mol. The molecule has 0 aromatic carbocycles. The third-order valence-electron chi connectivity index (χ3n) is 3.47. The van der Waals surface area contributed by atoms with Crippen molar-refractivity contribution < 1.29 is 13.2 Å². The zero-order valence-electron chi connectivity index (χ0n) is 12.4. The van der Waals surface area contributed by atoms with Gasteiger partial charge in [-0.05, 0) is 28.4 Å². The van der Waals surface area contributed by atoms with Gasteiger partial charge in [-0.25, -0.2) is 8.42 Å². The second-order valence-electron chi connectivity index (χ2n) is 5.42. The van der Waals surface area contributed by atoms with Gasteiger partial charge in [-0.2, -0.15) is 4.31 Å². The van der Waals surface area contributed by atoms with Crippen LogP contribution in [0.5, 0.6) is 0 Å². The highest BCUT2D eigenvalue weighted by Gasteiger charge is 2.32. The average molecular weight is 397 g/mol. The lowest BCUT2D eigenvalue weighted by molar-refractivity contribution is 0.181. The molecule has 0 spiro atoms. The largest absolute Gasteiger partial charge is 0.380 e. The Morgan fingerprint density at radius 1 is 1.57 bits per heavy atom. The third-order valence-corrected chi connectivity index (χ3v) is 7.63. The summed E-state index contributed by atoms with van der Waals surface area (Å²) in [5.74, 6) is 0. The Morgan fingerprint density at radius 2 is 2.29 bits per heavy atom. The van der Waals surface area contributed by atoms with Gasteiger partial charge in [0.25, 0.3) is 0 Å². The Labute approximate surface area is 138 Å². The first kappa shape index (κ1) is 17.4. The number of rotatable bonds is 6. The molecule has 120 valence electrons. The molecule has 2 rings (SSSR count).